The lowest BCUT2D eigenvalue weighted by atomic mass is 10.5. The van der Waals surface area contributed by atoms with E-state index in [4.69, 9.17) is 4.74 Å². The number of H-pyrrole nitrogens is 1. The van der Waals surface area contributed by atoms with E-state index in [2.05, 4.69) is 20.5 Å². The number of aromatic nitrogens is 4. The van der Waals surface area contributed by atoms with E-state index in [0.717, 1.165) is 0 Å². The molecule has 0 atom stereocenters. The SMILES string of the molecule is CCOC(=O)CNc1cc2n[nH]c(=O)n2cn1. The van der Waals surface area contributed by atoms with Crippen molar-refractivity contribution in [2.24, 2.45) is 0 Å². The number of ether oxygens (including phenoxy) is 1. The average Bonchev–Trinajstić information content (AvgIpc) is 2.69. The molecule has 8 heteroatoms. The van der Waals surface area contributed by atoms with Crippen molar-refractivity contribution < 1.29 is 9.53 Å². The predicted molar refractivity (Wildman–Crippen MR) is 58.7 cm³/mol. The molecule has 0 aliphatic heterocycles. The van der Waals surface area contributed by atoms with Gasteiger partial charge in [0.15, 0.2) is 5.65 Å². The lowest BCUT2D eigenvalue weighted by Crippen LogP contribution is -2.17. The molecule has 0 bridgehead atoms. The number of hydrogen-bond acceptors (Lipinski definition) is 6. The van der Waals surface area contributed by atoms with Crippen molar-refractivity contribution in [3.63, 3.8) is 0 Å². The summed E-state index contributed by atoms with van der Waals surface area (Å²) in [6, 6.07) is 1.55. The first kappa shape index (κ1) is 11.1. The number of nitrogens with one attached hydrogen (secondary N) is 2. The third kappa shape index (κ3) is 2.41. The van der Waals surface area contributed by atoms with Gasteiger partial charge in [0.05, 0.1) is 6.61 Å². The zero-order valence-electron chi connectivity index (χ0n) is 9.14. The molecule has 2 aromatic heterocycles. The highest BCUT2D eigenvalue weighted by molar-refractivity contribution is 5.74. The van der Waals surface area contributed by atoms with Gasteiger partial charge < -0.3 is 10.1 Å². The van der Waals surface area contributed by atoms with Gasteiger partial charge in [0.2, 0.25) is 0 Å². The largest absolute Gasteiger partial charge is 0.465 e. The van der Waals surface area contributed by atoms with Crippen LogP contribution in [0.4, 0.5) is 5.82 Å². The molecule has 17 heavy (non-hydrogen) atoms. The molecular weight excluding hydrogens is 226 g/mol. The first-order valence-corrected chi connectivity index (χ1v) is 5.03. The summed E-state index contributed by atoms with van der Waals surface area (Å²) in [5, 5.41) is 8.83. The van der Waals surface area contributed by atoms with Gasteiger partial charge in [-0.25, -0.2) is 19.3 Å². The number of nitrogens with zero attached hydrogens (tertiary/aromatic N) is 3. The van der Waals surface area contributed by atoms with Crippen LogP contribution in [0.1, 0.15) is 6.92 Å². The second-order valence-electron chi connectivity index (χ2n) is 3.19. The molecule has 0 amide bonds. The quantitative estimate of drug-likeness (QED) is 0.688. The van der Waals surface area contributed by atoms with Crippen LogP contribution in [0.5, 0.6) is 0 Å². The Balaban J connectivity index is 2.09. The molecule has 2 heterocycles. The molecule has 0 radical (unpaired) electrons. The van der Waals surface area contributed by atoms with Crippen molar-refractivity contribution in [1.29, 1.82) is 0 Å². The van der Waals surface area contributed by atoms with Crippen LogP contribution in [0.25, 0.3) is 5.65 Å². The topological polar surface area (TPSA) is 101 Å². The first-order valence-electron chi connectivity index (χ1n) is 5.03. The summed E-state index contributed by atoms with van der Waals surface area (Å²) < 4.78 is 6.01. The van der Waals surface area contributed by atoms with Crippen LogP contribution in [0, 0.1) is 0 Å². The Hall–Kier alpha value is -2.38. The third-order valence-corrected chi connectivity index (χ3v) is 2.03. The van der Waals surface area contributed by atoms with Gasteiger partial charge in [0.25, 0.3) is 0 Å². The zero-order valence-corrected chi connectivity index (χ0v) is 9.14. The zero-order chi connectivity index (χ0) is 12.3. The van der Waals surface area contributed by atoms with Gasteiger partial charge in [0.1, 0.15) is 18.7 Å². The summed E-state index contributed by atoms with van der Waals surface area (Å²) >= 11 is 0. The Bertz CT molecular complexity index is 588. The van der Waals surface area contributed by atoms with Crippen molar-refractivity contribution in [1.82, 2.24) is 19.6 Å². The van der Waals surface area contributed by atoms with E-state index in [1.807, 2.05) is 0 Å². The number of carbonyl (C=O) groups is 1. The van der Waals surface area contributed by atoms with Crippen molar-refractivity contribution in [2.75, 3.05) is 18.5 Å². The summed E-state index contributed by atoms with van der Waals surface area (Å²) in [6.07, 6.45) is 1.33. The predicted octanol–water partition coefficient (Wildman–Crippen LogP) is -0.607. The Labute approximate surface area is 95.6 Å². The number of rotatable bonds is 4. The average molecular weight is 237 g/mol. The number of carbonyl (C=O) groups excluding carboxylic acids is 1. The fraction of sp³-hybridized carbons (Fsp3) is 0.333. The number of esters is 1. The Morgan fingerprint density at radius 3 is 3.24 bits per heavy atom. The van der Waals surface area contributed by atoms with E-state index in [0.29, 0.717) is 18.1 Å². The summed E-state index contributed by atoms with van der Waals surface area (Å²) in [6.45, 7) is 2.09. The minimum Gasteiger partial charge on any atom is -0.465 e. The molecule has 0 aliphatic rings. The fourth-order valence-corrected chi connectivity index (χ4v) is 1.28. The summed E-state index contributed by atoms with van der Waals surface area (Å²) in [5.41, 5.74) is 0.0702. The highest BCUT2D eigenvalue weighted by atomic mass is 16.5. The van der Waals surface area contributed by atoms with Gasteiger partial charge >= 0.3 is 11.7 Å². The molecular formula is C9H11N5O3. The van der Waals surface area contributed by atoms with E-state index in [-0.39, 0.29) is 18.2 Å². The molecule has 0 unspecified atom stereocenters. The molecule has 0 saturated carbocycles. The molecule has 0 aliphatic carbocycles. The van der Waals surface area contributed by atoms with E-state index in [9.17, 15) is 9.59 Å². The number of hydrogen-bond donors (Lipinski definition) is 2. The standard InChI is InChI=1S/C9H11N5O3/c1-2-17-8(15)4-10-6-3-7-12-13-9(16)14(7)5-11-6/h3,5,10H,2,4H2,1H3,(H,13,16). The molecule has 90 valence electrons. The van der Waals surface area contributed by atoms with Crippen LogP contribution in [-0.4, -0.2) is 38.7 Å². The molecule has 8 nitrogen and oxygen atoms in total. The van der Waals surface area contributed by atoms with Crippen LogP contribution in [-0.2, 0) is 9.53 Å². The maximum absolute atomic E-state index is 11.2. The van der Waals surface area contributed by atoms with Gasteiger partial charge in [0, 0.05) is 6.07 Å². The maximum Gasteiger partial charge on any atom is 0.348 e. The van der Waals surface area contributed by atoms with Crippen LogP contribution in [0.2, 0.25) is 0 Å². The summed E-state index contributed by atoms with van der Waals surface area (Å²) in [4.78, 5) is 26.2. The van der Waals surface area contributed by atoms with Gasteiger partial charge in [-0.2, -0.15) is 5.10 Å². The van der Waals surface area contributed by atoms with E-state index >= 15 is 0 Å². The monoisotopic (exact) mass is 237 g/mol. The molecule has 0 saturated heterocycles. The van der Waals surface area contributed by atoms with Crippen molar-refractivity contribution in [2.45, 2.75) is 6.92 Å². The molecule has 0 spiro atoms. The van der Waals surface area contributed by atoms with Crippen LogP contribution in [0.15, 0.2) is 17.2 Å². The van der Waals surface area contributed by atoms with Crippen LogP contribution in [0.3, 0.4) is 0 Å². The third-order valence-electron chi connectivity index (χ3n) is 2.03. The lowest BCUT2D eigenvalue weighted by molar-refractivity contribution is -0.140. The Kier molecular flexibility index (Phi) is 3.03. The number of anilines is 1. The number of aromatic amines is 1. The number of fused-ring (bicyclic) bond motifs is 1. The second-order valence-corrected chi connectivity index (χ2v) is 3.19. The van der Waals surface area contributed by atoms with Crippen molar-refractivity contribution in [3.05, 3.63) is 22.9 Å². The molecule has 2 N–H and O–H groups in total. The Morgan fingerprint density at radius 1 is 1.65 bits per heavy atom. The molecule has 0 fully saturated rings. The minimum absolute atomic E-state index is 0.0195. The molecule has 2 aromatic rings. The normalized spacial score (nSPS) is 10.4. The highest BCUT2D eigenvalue weighted by Crippen LogP contribution is 2.03. The fourth-order valence-electron chi connectivity index (χ4n) is 1.28. The van der Waals surface area contributed by atoms with Crippen LogP contribution >= 0.6 is 0 Å². The van der Waals surface area contributed by atoms with Gasteiger partial charge in [-0.1, -0.05) is 0 Å². The Morgan fingerprint density at radius 2 is 2.47 bits per heavy atom. The first-order chi connectivity index (χ1) is 8.20. The smallest absolute Gasteiger partial charge is 0.348 e. The van der Waals surface area contributed by atoms with E-state index in [1.54, 1.807) is 13.0 Å². The summed E-state index contributed by atoms with van der Waals surface area (Å²) in [5.74, 6) is 0.0816. The van der Waals surface area contributed by atoms with Crippen LogP contribution < -0.4 is 11.0 Å². The van der Waals surface area contributed by atoms with Crippen molar-refractivity contribution >= 4 is 17.4 Å². The van der Waals surface area contributed by atoms with Gasteiger partial charge in [-0.15, -0.1) is 0 Å². The minimum atomic E-state index is -0.367. The van der Waals surface area contributed by atoms with E-state index < -0.39 is 0 Å². The van der Waals surface area contributed by atoms with Gasteiger partial charge in [-0.3, -0.25) is 4.79 Å². The molecule has 0 aromatic carbocycles. The highest BCUT2D eigenvalue weighted by Gasteiger charge is 2.04. The summed E-state index contributed by atoms with van der Waals surface area (Å²) in [7, 11) is 0. The molecule has 2 rings (SSSR count). The van der Waals surface area contributed by atoms with Crippen molar-refractivity contribution in [3.8, 4) is 0 Å². The lowest BCUT2D eigenvalue weighted by Gasteiger charge is -2.04. The van der Waals surface area contributed by atoms with Gasteiger partial charge in [-0.05, 0) is 6.92 Å². The van der Waals surface area contributed by atoms with E-state index in [1.165, 1.54) is 10.7 Å². The maximum atomic E-state index is 11.2. The second kappa shape index (κ2) is 4.64.